The monoisotopic (exact) mass is 366 g/mol. The topological polar surface area (TPSA) is 54.0 Å². The summed E-state index contributed by atoms with van der Waals surface area (Å²) in [5, 5.41) is 0. The van der Waals surface area contributed by atoms with Crippen molar-refractivity contribution in [2.75, 3.05) is 26.4 Å². The lowest BCUT2D eigenvalue weighted by atomic mass is 9.97. The number of hydrogen-bond donors (Lipinski definition) is 0. The minimum Gasteiger partial charge on any atom is -0.455 e. The maximum Gasteiger partial charge on any atom is 0.341 e. The molecule has 3 atom stereocenters. The summed E-state index contributed by atoms with van der Waals surface area (Å²) in [7, 11) is 0. The summed E-state index contributed by atoms with van der Waals surface area (Å²) in [5.41, 5.74) is 2.31. The SMILES string of the molecule is CC(C)=CCOCC1OC(=O)C(C)(OCC=C(C)C)C1OCC=C(C)C. The first kappa shape index (κ1) is 22.6. The molecule has 26 heavy (non-hydrogen) atoms. The Morgan fingerprint density at radius 1 is 0.962 bits per heavy atom. The quantitative estimate of drug-likeness (QED) is 0.332. The van der Waals surface area contributed by atoms with E-state index in [1.807, 2.05) is 59.8 Å². The first-order valence-corrected chi connectivity index (χ1v) is 9.11. The summed E-state index contributed by atoms with van der Waals surface area (Å²) in [6.07, 6.45) is 4.88. The Kier molecular flexibility index (Phi) is 9.27. The van der Waals surface area contributed by atoms with E-state index in [4.69, 9.17) is 18.9 Å². The fourth-order valence-corrected chi connectivity index (χ4v) is 2.43. The molecule has 1 rings (SSSR count). The Balaban J connectivity index is 2.84. The molecule has 5 nitrogen and oxygen atoms in total. The minimum atomic E-state index is -1.15. The van der Waals surface area contributed by atoms with Gasteiger partial charge in [-0.15, -0.1) is 0 Å². The number of carbonyl (C=O) groups excluding carboxylic acids is 1. The third kappa shape index (κ3) is 7.06. The van der Waals surface area contributed by atoms with Gasteiger partial charge in [-0.25, -0.2) is 4.79 Å². The summed E-state index contributed by atoms with van der Waals surface area (Å²) in [6.45, 7) is 15.2. The smallest absolute Gasteiger partial charge is 0.341 e. The Hall–Kier alpha value is -1.43. The molecule has 1 saturated heterocycles. The molecule has 0 bridgehead atoms. The second-order valence-electron chi connectivity index (χ2n) is 7.50. The lowest BCUT2D eigenvalue weighted by molar-refractivity contribution is -0.161. The predicted molar refractivity (Wildman–Crippen MR) is 103 cm³/mol. The van der Waals surface area contributed by atoms with Gasteiger partial charge in [-0.2, -0.15) is 0 Å². The van der Waals surface area contributed by atoms with E-state index in [1.165, 1.54) is 5.57 Å². The van der Waals surface area contributed by atoms with Crippen molar-refractivity contribution >= 4 is 5.97 Å². The highest BCUT2D eigenvalue weighted by Gasteiger charge is 2.56. The van der Waals surface area contributed by atoms with Gasteiger partial charge >= 0.3 is 5.97 Å². The van der Waals surface area contributed by atoms with Gasteiger partial charge in [-0.05, 0) is 48.5 Å². The molecule has 1 aliphatic heterocycles. The molecule has 148 valence electrons. The lowest BCUT2D eigenvalue weighted by Gasteiger charge is -2.28. The van der Waals surface area contributed by atoms with Crippen LogP contribution in [0.1, 0.15) is 48.5 Å². The van der Waals surface area contributed by atoms with E-state index in [2.05, 4.69) is 0 Å². The average Bonchev–Trinajstić information content (AvgIpc) is 2.75. The van der Waals surface area contributed by atoms with Crippen LogP contribution in [0.5, 0.6) is 0 Å². The van der Waals surface area contributed by atoms with Crippen molar-refractivity contribution in [3.05, 3.63) is 34.9 Å². The number of ether oxygens (including phenoxy) is 4. The average molecular weight is 366 g/mol. The fraction of sp³-hybridized carbons (Fsp3) is 0.667. The summed E-state index contributed by atoms with van der Waals surface area (Å²) < 4.78 is 23.1. The third-order valence-corrected chi connectivity index (χ3v) is 4.08. The molecule has 1 aliphatic rings. The van der Waals surface area contributed by atoms with Crippen LogP contribution < -0.4 is 0 Å². The van der Waals surface area contributed by atoms with Crippen LogP contribution in [-0.4, -0.2) is 50.2 Å². The van der Waals surface area contributed by atoms with Crippen LogP contribution in [0, 0.1) is 0 Å². The highest BCUT2D eigenvalue weighted by atomic mass is 16.6. The maximum absolute atomic E-state index is 12.5. The van der Waals surface area contributed by atoms with Gasteiger partial charge < -0.3 is 18.9 Å². The second kappa shape index (κ2) is 10.7. The van der Waals surface area contributed by atoms with E-state index in [-0.39, 0.29) is 6.61 Å². The summed E-state index contributed by atoms with van der Waals surface area (Å²) in [5.74, 6) is -0.405. The van der Waals surface area contributed by atoms with Gasteiger partial charge in [0.2, 0.25) is 0 Å². The van der Waals surface area contributed by atoms with Gasteiger partial charge in [0.1, 0.15) is 6.10 Å². The van der Waals surface area contributed by atoms with E-state index in [1.54, 1.807) is 6.92 Å². The van der Waals surface area contributed by atoms with Crippen molar-refractivity contribution in [1.82, 2.24) is 0 Å². The highest BCUT2D eigenvalue weighted by molar-refractivity contribution is 5.82. The van der Waals surface area contributed by atoms with E-state index in [0.29, 0.717) is 19.8 Å². The second-order valence-corrected chi connectivity index (χ2v) is 7.50. The van der Waals surface area contributed by atoms with Gasteiger partial charge in [-0.3, -0.25) is 0 Å². The Bertz CT molecular complexity index is 549. The van der Waals surface area contributed by atoms with E-state index in [0.717, 1.165) is 11.1 Å². The molecule has 1 fully saturated rings. The van der Waals surface area contributed by atoms with Crippen LogP contribution in [0.3, 0.4) is 0 Å². The van der Waals surface area contributed by atoms with Crippen molar-refractivity contribution in [3.63, 3.8) is 0 Å². The van der Waals surface area contributed by atoms with Gasteiger partial charge in [0.15, 0.2) is 11.7 Å². The molecule has 0 aromatic rings. The van der Waals surface area contributed by atoms with Crippen molar-refractivity contribution in [1.29, 1.82) is 0 Å². The van der Waals surface area contributed by atoms with Crippen molar-refractivity contribution < 1.29 is 23.7 Å². The molecule has 0 N–H and O–H groups in total. The van der Waals surface area contributed by atoms with Crippen LogP contribution in [0.25, 0.3) is 0 Å². The first-order chi connectivity index (χ1) is 12.2. The lowest BCUT2D eigenvalue weighted by Crippen LogP contribution is -2.48. The summed E-state index contributed by atoms with van der Waals surface area (Å²) in [6, 6.07) is 0. The summed E-state index contributed by atoms with van der Waals surface area (Å²) in [4.78, 5) is 12.5. The molecular weight excluding hydrogens is 332 g/mol. The molecule has 0 amide bonds. The number of allylic oxidation sites excluding steroid dienone is 3. The third-order valence-electron chi connectivity index (χ3n) is 4.08. The molecule has 0 saturated carbocycles. The number of esters is 1. The van der Waals surface area contributed by atoms with Gasteiger partial charge in [0, 0.05) is 0 Å². The largest absolute Gasteiger partial charge is 0.455 e. The predicted octanol–water partition coefficient (Wildman–Crippen LogP) is 3.99. The normalized spacial score (nSPS) is 24.8. The maximum atomic E-state index is 12.5. The Morgan fingerprint density at radius 3 is 2.08 bits per heavy atom. The number of hydrogen-bond acceptors (Lipinski definition) is 5. The van der Waals surface area contributed by atoms with Crippen LogP contribution in [0.2, 0.25) is 0 Å². The number of cyclic esters (lactones) is 1. The van der Waals surface area contributed by atoms with Crippen molar-refractivity contribution in [2.24, 2.45) is 0 Å². The number of rotatable bonds is 10. The van der Waals surface area contributed by atoms with Crippen LogP contribution in [0.4, 0.5) is 0 Å². The molecule has 0 aromatic carbocycles. The molecule has 5 heteroatoms. The van der Waals surface area contributed by atoms with Crippen LogP contribution in [-0.2, 0) is 23.7 Å². The van der Waals surface area contributed by atoms with Crippen LogP contribution in [0.15, 0.2) is 34.9 Å². The first-order valence-electron chi connectivity index (χ1n) is 9.11. The van der Waals surface area contributed by atoms with E-state index >= 15 is 0 Å². The highest BCUT2D eigenvalue weighted by Crippen LogP contribution is 2.32. The zero-order valence-electron chi connectivity index (χ0n) is 17.3. The zero-order valence-corrected chi connectivity index (χ0v) is 17.3. The van der Waals surface area contributed by atoms with E-state index < -0.39 is 23.8 Å². The standard InChI is InChI=1S/C21H34O5/c1-15(2)8-11-23-14-18-19(24-12-9-16(3)4)21(7,20(22)26-18)25-13-10-17(5)6/h8-10,18-19H,11-14H2,1-7H3. The van der Waals surface area contributed by atoms with Gasteiger partial charge in [0.25, 0.3) is 0 Å². The molecular formula is C21H34O5. The Labute approximate surface area is 158 Å². The molecule has 0 aliphatic carbocycles. The fourth-order valence-electron chi connectivity index (χ4n) is 2.43. The van der Waals surface area contributed by atoms with E-state index in [9.17, 15) is 4.79 Å². The van der Waals surface area contributed by atoms with Gasteiger partial charge in [-0.1, -0.05) is 34.9 Å². The summed E-state index contributed by atoms with van der Waals surface area (Å²) >= 11 is 0. The molecule has 0 radical (unpaired) electrons. The minimum absolute atomic E-state index is 0.274. The molecule has 0 aromatic heterocycles. The van der Waals surface area contributed by atoms with Crippen molar-refractivity contribution in [2.45, 2.75) is 66.3 Å². The van der Waals surface area contributed by atoms with Crippen LogP contribution >= 0.6 is 0 Å². The van der Waals surface area contributed by atoms with Gasteiger partial charge in [0.05, 0.1) is 26.4 Å². The molecule has 0 spiro atoms. The molecule has 1 heterocycles. The van der Waals surface area contributed by atoms with Crippen molar-refractivity contribution in [3.8, 4) is 0 Å². The Morgan fingerprint density at radius 2 is 1.50 bits per heavy atom. The molecule has 3 unspecified atom stereocenters. The number of carbonyl (C=O) groups is 1. The zero-order chi connectivity index (χ0) is 19.7.